The normalized spacial score (nSPS) is 15.2. The molecule has 0 saturated carbocycles. The molecule has 2 aromatic rings. The summed E-state index contributed by atoms with van der Waals surface area (Å²) in [6.07, 6.45) is 10.2. The van der Waals surface area contributed by atoms with Gasteiger partial charge in [-0.15, -0.1) is 24.0 Å². The van der Waals surface area contributed by atoms with Gasteiger partial charge in [0.2, 0.25) is 0 Å². The molecule has 0 radical (unpaired) electrons. The van der Waals surface area contributed by atoms with E-state index in [0.717, 1.165) is 69.5 Å². The highest BCUT2D eigenvalue weighted by Gasteiger charge is 2.20. The topological polar surface area (TPSA) is 70.4 Å². The second-order valence-electron chi connectivity index (χ2n) is 6.97. The van der Waals surface area contributed by atoms with Crippen LogP contribution in [0, 0.1) is 6.92 Å². The van der Waals surface area contributed by atoms with Crippen molar-refractivity contribution in [1.82, 2.24) is 25.2 Å². The Morgan fingerprint density at radius 3 is 2.64 bits per heavy atom. The monoisotopic (exact) mass is 497 g/mol. The predicted molar refractivity (Wildman–Crippen MR) is 126 cm³/mol. The third-order valence-corrected chi connectivity index (χ3v) is 5.07. The standard InChI is InChI=1S/C20H31N7.HI/c1-17-22-12-16-26(17)13-6-5-11-24-20(21-2)25-18-8-14-27(15-9-18)19-7-3-4-10-23-19;/h3-4,7,10,12,16,18H,5-6,8-9,11,13-15H2,1-2H3,(H2,21,24,25);1H. The summed E-state index contributed by atoms with van der Waals surface area (Å²) in [5.74, 6) is 3.06. The van der Waals surface area contributed by atoms with Crippen LogP contribution in [-0.4, -0.2) is 53.2 Å². The van der Waals surface area contributed by atoms with E-state index in [1.807, 2.05) is 44.7 Å². The second-order valence-corrected chi connectivity index (χ2v) is 6.97. The Labute approximate surface area is 185 Å². The predicted octanol–water partition coefficient (Wildman–Crippen LogP) is 2.82. The van der Waals surface area contributed by atoms with Gasteiger partial charge in [-0.1, -0.05) is 6.07 Å². The Morgan fingerprint density at radius 2 is 2.00 bits per heavy atom. The molecular formula is C20H32IN7. The quantitative estimate of drug-likeness (QED) is 0.267. The number of aromatic nitrogens is 3. The van der Waals surface area contributed by atoms with Crippen LogP contribution in [0.3, 0.4) is 0 Å². The van der Waals surface area contributed by atoms with Gasteiger partial charge < -0.3 is 20.1 Å². The lowest BCUT2D eigenvalue weighted by Gasteiger charge is -2.33. The van der Waals surface area contributed by atoms with Crippen molar-refractivity contribution in [2.24, 2.45) is 4.99 Å². The largest absolute Gasteiger partial charge is 0.356 e. The van der Waals surface area contributed by atoms with Crippen LogP contribution in [-0.2, 0) is 6.54 Å². The summed E-state index contributed by atoms with van der Waals surface area (Å²) in [6, 6.07) is 6.56. The minimum Gasteiger partial charge on any atom is -0.356 e. The van der Waals surface area contributed by atoms with Crippen molar-refractivity contribution in [3.05, 3.63) is 42.6 Å². The number of guanidine groups is 1. The van der Waals surface area contributed by atoms with Crippen LogP contribution < -0.4 is 15.5 Å². The van der Waals surface area contributed by atoms with Crippen molar-refractivity contribution < 1.29 is 0 Å². The zero-order valence-corrected chi connectivity index (χ0v) is 19.2. The molecule has 2 aromatic heterocycles. The SMILES string of the molecule is CN=C(NCCCCn1ccnc1C)NC1CCN(c2ccccn2)CC1.I. The number of nitrogens with one attached hydrogen (secondary N) is 2. The molecule has 7 nitrogen and oxygen atoms in total. The minimum atomic E-state index is 0. The summed E-state index contributed by atoms with van der Waals surface area (Å²) in [5, 5.41) is 7.01. The second kappa shape index (κ2) is 11.9. The Bertz CT molecular complexity index is 708. The highest BCUT2D eigenvalue weighted by molar-refractivity contribution is 14.0. The third-order valence-electron chi connectivity index (χ3n) is 5.07. The van der Waals surface area contributed by atoms with Crippen LogP contribution in [0.5, 0.6) is 0 Å². The maximum Gasteiger partial charge on any atom is 0.191 e. The van der Waals surface area contributed by atoms with Crippen LogP contribution >= 0.6 is 24.0 Å². The lowest BCUT2D eigenvalue weighted by atomic mass is 10.1. The Hall–Kier alpha value is -1.84. The first-order valence-corrected chi connectivity index (χ1v) is 9.87. The minimum absolute atomic E-state index is 0. The number of hydrogen-bond donors (Lipinski definition) is 2. The zero-order valence-electron chi connectivity index (χ0n) is 16.8. The number of anilines is 1. The van der Waals surface area contributed by atoms with Gasteiger partial charge in [0, 0.05) is 57.9 Å². The number of aryl methyl sites for hydroxylation is 2. The number of piperidine rings is 1. The molecule has 1 aliphatic heterocycles. The first-order chi connectivity index (χ1) is 13.3. The van der Waals surface area contributed by atoms with E-state index in [2.05, 4.69) is 41.1 Å². The van der Waals surface area contributed by atoms with Gasteiger partial charge in [0.05, 0.1) is 0 Å². The van der Waals surface area contributed by atoms with Gasteiger partial charge in [-0.25, -0.2) is 9.97 Å². The Balaban J connectivity index is 0.00000280. The molecule has 1 aliphatic rings. The Kier molecular flexibility index (Phi) is 9.52. The summed E-state index contributed by atoms with van der Waals surface area (Å²) in [5.41, 5.74) is 0. The molecule has 3 heterocycles. The number of nitrogens with zero attached hydrogens (tertiary/aromatic N) is 5. The van der Waals surface area contributed by atoms with E-state index < -0.39 is 0 Å². The molecule has 154 valence electrons. The van der Waals surface area contributed by atoms with Crippen molar-refractivity contribution in [1.29, 1.82) is 0 Å². The number of pyridine rings is 1. The molecule has 0 amide bonds. The van der Waals surface area contributed by atoms with Crippen molar-refractivity contribution in [2.45, 2.75) is 45.2 Å². The summed E-state index contributed by atoms with van der Waals surface area (Å²) >= 11 is 0. The molecule has 0 bridgehead atoms. The lowest BCUT2D eigenvalue weighted by molar-refractivity contribution is 0.459. The van der Waals surface area contributed by atoms with E-state index in [1.165, 1.54) is 0 Å². The van der Waals surface area contributed by atoms with Crippen molar-refractivity contribution in [3.8, 4) is 0 Å². The average molecular weight is 497 g/mol. The molecule has 0 aromatic carbocycles. The number of rotatable bonds is 7. The number of halogens is 1. The maximum absolute atomic E-state index is 4.45. The molecule has 8 heteroatoms. The fourth-order valence-corrected chi connectivity index (χ4v) is 3.44. The molecule has 1 saturated heterocycles. The van der Waals surface area contributed by atoms with E-state index in [0.29, 0.717) is 6.04 Å². The molecular weight excluding hydrogens is 465 g/mol. The van der Waals surface area contributed by atoms with Gasteiger partial charge in [0.15, 0.2) is 5.96 Å². The van der Waals surface area contributed by atoms with Gasteiger partial charge in [-0.05, 0) is 44.7 Å². The van der Waals surface area contributed by atoms with Crippen molar-refractivity contribution >= 4 is 35.8 Å². The molecule has 1 fully saturated rings. The first-order valence-electron chi connectivity index (χ1n) is 9.87. The van der Waals surface area contributed by atoms with E-state index in [1.54, 1.807) is 0 Å². The van der Waals surface area contributed by atoms with Crippen LogP contribution in [0.1, 0.15) is 31.5 Å². The van der Waals surface area contributed by atoms with E-state index in [4.69, 9.17) is 0 Å². The summed E-state index contributed by atoms with van der Waals surface area (Å²) in [6.45, 7) is 6.04. The average Bonchev–Trinajstić information content (AvgIpc) is 3.13. The van der Waals surface area contributed by atoms with Crippen LogP contribution in [0.25, 0.3) is 0 Å². The van der Waals surface area contributed by atoms with Crippen LogP contribution in [0.2, 0.25) is 0 Å². The number of hydrogen-bond acceptors (Lipinski definition) is 4. The van der Waals surface area contributed by atoms with E-state index >= 15 is 0 Å². The molecule has 2 N–H and O–H groups in total. The molecule has 0 unspecified atom stereocenters. The number of aliphatic imine (C=N–C) groups is 1. The highest BCUT2D eigenvalue weighted by atomic mass is 127. The van der Waals surface area contributed by atoms with Crippen molar-refractivity contribution in [3.63, 3.8) is 0 Å². The zero-order chi connectivity index (χ0) is 18.9. The van der Waals surface area contributed by atoms with Gasteiger partial charge >= 0.3 is 0 Å². The van der Waals surface area contributed by atoms with E-state index in [9.17, 15) is 0 Å². The smallest absolute Gasteiger partial charge is 0.191 e. The van der Waals surface area contributed by atoms with Gasteiger partial charge in [-0.3, -0.25) is 4.99 Å². The summed E-state index contributed by atoms with van der Waals surface area (Å²) in [4.78, 5) is 15.4. The van der Waals surface area contributed by atoms with E-state index in [-0.39, 0.29) is 24.0 Å². The first kappa shape index (κ1) is 22.4. The lowest BCUT2D eigenvalue weighted by Crippen LogP contribution is -2.49. The molecule has 3 rings (SSSR count). The highest BCUT2D eigenvalue weighted by Crippen LogP contribution is 2.17. The van der Waals surface area contributed by atoms with Gasteiger partial charge in [0.25, 0.3) is 0 Å². The van der Waals surface area contributed by atoms with Crippen LogP contribution in [0.4, 0.5) is 5.82 Å². The fraction of sp³-hybridized carbons (Fsp3) is 0.550. The number of unbranched alkanes of at least 4 members (excludes halogenated alkanes) is 1. The Morgan fingerprint density at radius 1 is 1.18 bits per heavy atom. The maximum atomic E-state index is 4.45. The van der Waals surface area contributed by atoms with Gasteiger partial charge in [-0.2, -0.15) is 0 Å². The van der Waals surface area contributed by atoms with Crippen LogP contribution in [0.15, 0.2) is 41.8 Å². The van der Waals surface area contributed by atoms with Crippen molar-refractivity contribution in [2.75, 3.05) is 31.6 Å². The molecule has 0 spiro atoms. The van der Waals surface area contributed by atoms with Gasteiger partial charge in [0.1, 0.15) is 11.6 Å². The number of imidazole rings is 1. The fourth-order valence-electron chi connectivity index (χ4n) is 3.44. The third kappa shape index (κ3) is 6.65. The molecule has 28 heavy (non-hydrogen) atoms. The molecule has 0 atom stereocenters. The molecule has 0 aliphatic carbocycles. The summed E-state index contributed by atoms with van der Waals surface area (Å²) < 4.78 is 2.20. The summed E-state index contributed by atoms with van der Waals surface area (Å²) in [7, 11) is 1.84.